The molecule has 0 aromatic heterocycles. The van der Waals surface area contributed by atoms with Crippen molar-refractivity contribution in [1.82, 2.24) is 9.80 Å². The highest BCUT2D eigenvalue weighted by molar-refractivity contribution is 6.23. The minimum absolute atomic E-state index is 0.143. The van der Waals surface area contributed by atoms with E-state index in [2.05, 4.69) is 0 Å². The van der Waals surface area contributed by atoms with E-state index in [0.717, 1.165) is 4.90 Å². The molecule has 176 valence electrons. The van der Waals surface area contributed by atoms with Crippen molar-refractivity contribution in [2.45, 2.75) is 70.6 Å². The lowest BCUT2D eigenvalue weighted by molar-refractivity contribution is -0.132. The Balaban J connectivity index is 1.39. The standard InChI is InChI=1S/C24H28N2O7/c1-24(2,3)33-23(31)25-10-8-15(9-11-25)32-16-5-6-17-18(13-16)22(30)26(21(17)29)19-7-4-14(27)12-20(19)28/h5-6,13,15,19H,4,7-12H2,1-3H3. The van der Waals surface area contributed by atoms with Crippen LogP contribution in [0.5, 0.6) is 5.75 Å². The molecule has 0 spiro atoms. The Kier molecular flexibility index (Phi) is 5.99. The third kappa shape index (κ3) is 4.77. The lowest BCUT2D eigenvalue weighted by Crippen LogP contribution is -2.47. The third-order valence-corrected chi connectivity index (χ3v) is 6.04. The van der Waals surface area contributed by atoms with Crippen LogP contribution in [0.25, 0.3) is 0 Å². The maximum Gasteiger partial charge on any atom is 0.410 e. The van der Waals surface area contributed by atoms with Gasteiger partial charge < -0.3 is 14.4 Å². The second-order valence-corrected chi connectivity index (χ2v) is 9.71. The van der Waals surface area contributed by atoms with Crippen LogP contribution in [0.4, 0.5) is 4.79 Å². The quantitative estimate of drug-likeness (QED) is 0.508. The highest BCUT2D eigenvalue weighted by Gasteiger charge is 2.44. The van der Waals surface area contributed by atoms with Gasteiger partial charge in [-0.05, 0) is 45.4 Å². The van der Waals surface area contributed by atoms with Crippen molar-refractivity contribution < 1.29 is 33.4 Å². The molecule has 3 aliphatic rings. The number of benzene rings is 1. The van der Waals surface area contributed by atoms with Crippen molar-refractivity contribution >= 4 is 29.5 Å². The van der Waals surface area contributed by atoms with Crippen LogP contribution in [0.3, 0.4) is 0 Å². The number of Topliss-reactive ketones (excluding diaryl/α,β-unsaturated/α-hetero) is 2. The topological polar surface area (TPSA) is 110 Å². The average molecular weight is 456 g/mol. The van der Waals surface area contributed by atoms with Crippen molar-refractivity contribution in [2.75, 3.05) is 13.1 Å². The number of amides is 3. The van der Waals surface area contributed by atoms with E-state index in [4.69, 9.17) is 9.47 Å². The first-order chi connectivity index (χ1) is 15.5. The molecular formula is C24H28N2O7. The summed E-state index contributed by atoms with van der Waals surface area (Å²) in [7, 11) is 0. The van der Waals surface area contributed by atoms with Crippen LogP contribution in [0.2, 0.25) is 0 Å². The number of imide groups is 1. The van der Waals surface area contributed by atoms with Crippen LogP contribution >= 0.6 is 0 Å². The van der Waals surface area contributed by atoms with E-state index in [1.165, 1.54) is 6.07 Å². The molecule has 4 rings (SSSR count). The number of hydrogen-bond acceptors (Lipinski definition) is 7. The van der Waals surface area contributed by atoms with Crippen molar-refractivity contribution in [3.63, 3.8) is 0 Å². The van der Waals surface area contributed by atoms with Crippen molar-refractivity contribution in [3.8, 4) is 5.75 Å². The van der Waals surface area contributed by atoms with Gasteiger partial charge in [-0.3, -0.25) is 24.1 Å². The van der Waals surface area contributed by atoms with Crippen LogP contribution in [0.15, 0.2) is 18.2 Å². The summed E-state index contributed by atoms with van der Waals surface area (Å²) in [6.07, 6.45) is 0.842. The lowest BCUT2D eigenvalue weighted by Gasteiger charge is -2.33. The Bertz CT molecular complexity index is 1020. The zero-order valence-electron chi connectivity index (χ0n) is 19.1. The van der Waals surface area contributed by atoms with Crippen LogP contribution in [-0.2, 0) is 14.3 Å². The number of nitrogens with zero attached hydrogens (tertiary/aromatic N) is 2. The van der Waals surface area contributed by atoms with Gasteiger partial charge in [0.05, 0.1) is 23.6 Å². The zero-order chi connectivity index (χ0) is 23.9. The second kappa shape index (κ2) is 8.61. The van der Waals surface area contributed by atoms with E-state index in [-0.39, 0.29) is 48.4 Å². The van der Waals surface area contributed by atoms with Crippen molar-refractivity contribution in [1.29, 1.82) is 0 Å². The molecule has 1 saturated heterocycles. The summed E-state index contributed by atoms with van der Waals surface area (Å²) in [6.45, 7) is 6.47. The number of ether oxygens (including phenoxy) is 2. The molecule has 2 heterocycles. The molecule has 33 heavy (non-hydrogen) atoms. The van der Waals surface area contributed by atoms with E-state index in [9.17, 15) is 24.0 Å². The highest BCUT2D eigenvalue weighted by atomic mass is 16.6. The van der Waals surface area contributed by atoms with E-state index >= 15 is 0 Å². The molecule has 0 bridgehead atoms. The fourth-order valence-corrected chi connectivity index (χ4v) is 4.40. The molecule has 2 aliphatic heterocycles. The summed E-state index contributed by atoms with van der Waals surface area (Å²) < 4.78 is 11.4. The smallest absolute Gasteiger partial charge is 0.410 e. The van der Waals surface area contributed by atoms with Crippen LogP contribution in [-0.4, -0.2) is 70.1 Å². The van der Waals surface area contributed by atoms with E-state index in [1.54, 1.807) is 17.0 Å². The van der Waals surface area contributed by atoms with Gasteiger partial charge in [0.15, 0.2) is 5.78 Å². The molecule has 1 unspecified atom stereocenters. The van der Waals surface area contributed by atoms with Gasteiger partial charge >= 0.3 is 6.09 Å². The third-order valence-electron chi connectivity index (χ3n) is 6.04. The highest BCUT2D eigenvalue weighted by Crippen LogP contribution is 2.32. The van der Waals surface area contributed by atoms with Gasteiger partial charge in [-0.15, -0.1) is 0 Å². The summed E-state index contributed by atoms with van der Waals surface area (Å²) >= 11 is 0. The molecule has 9 heteroatoms. The van der Waals surface area contributed by atoms with Gasteiger partial charge in [-0.1, -0.05) is 0 Å². The fourth-order valence-electron chi connectivity index (χ4n) is 4.40. The van der Waals surface area contributed by atoms with Crippen LogP contribution in [0, 0.1) is 0 Å². The van der Waals surface area contributed by atoms with Crippen LogP contribution in [0.1, 0.15) is 73.6 Å². The molecule has 0 radical (unpaired) electrons. The summed E-state index contributed by atoms with van der Waals surface area (Å²) in [4.78, 5) is 64.4. The molecule has 2 fully saturated rings. The second-order valence-electron chi connectivity index (χ2n) is 9.71. The maximum atomic E-state index is 13.0. The minimum Gasteiger partial charge on any atom is -0.490 e. The van der Waals surface area contributed by atoms with E-state index in [1.807, 2.05) is 20.8 Å². The number of piperidine rings is 1. The van der Waals surface area contributed by atoms with E-state index < -0.39 is 29.2 Å². The maximum absolute atomic E-state index is 13.0. The summed E-state index contributed by atoms with van der Waals surface area (Å²) in [6, 6.07) is 3.82. The number of carbonyl (C=O) groups excluding carboxylic acids is 5. The summed E-state index contributed by atoms with van der Waals surface area (Å²) in [5, 5.41) is 0. The molecule has 0 N–H and O–H groups in total. The molecule has 1 aliphatic carbocycles. The SMILES string of the molecule is CC(C)(C)OC(=O)N1CCC(Oc2ccc3c(c2)C(=O)N(C2CCC(=O)CC2=O)C3=O)CC1. The average Bonchev–Trinajstić information content (AvgIpc) is 2.97. The molecule has 9 nitrogen and oxygen atoms in total. The normalized spacial score (nSPS) is 22.0. The first-order valence-corrected chi connectivity index (χ1v) is 11.2. The molecule has 1 aromatic carbocycles. The lowest BCUT2D eigenvalue weighted by atomic mass is 9.92. The zero-order valence-corrected chi connectivity index (χ0v) is 19.1. The number of carbonyl (C=O) groups is 5. The van der Waals surface area contributed by atoms with Gasteiger partial charge in [0.1, 0.15) is 23.2 Å². The molecule has 1 aromatic rings. The number of likely N-dealkylation sites (tertiary alicyclic amines) is 1. The predicted molar refractivity (Wildman–Crippen MR) is 116 cm³/mol. The largest absolute Gasteiger partial charge is 0.490 e. The summed E-state index contributed by atoms with van der Waals surface area (Å²) in [5.41, 5.74) is -0.116. The fraction of sp³-hybridized carbons (Fsp3) is 0.542. The van der Waals surface area contributed by atoms with Gasteiger partial charge in [0.2, 0.25) is 0 Å². The van der Waals surface area contributed by atoms with Gasteiger partial charge in [0, 0.05) is 32.4 Å². The first-order valence-electron chi connectivity index (χ1n) is 11.2. The summed E-state index contributed by atoms with van der Waals surface area (Å²) in [5.74, 6) is -1.15. The Labute approximate surface area is 192 Å². The molecule has 3 amide bonds. The number of fused-ring (bicyclic) bond motifs is 1. The first kappa shape index (κ1) is 22.9. The predicted octanol–water partition coefficient (Wildman–Crippen LogP) is 2.75. The van der Waals surface area contributed by atoms with Gasteiger partial charge in [-0.25, -0.2) is 4.79 Å². The monoisotopic (exact) mass is 456 g/mol. The number of rotatable bonds is 3. The Morgan fingerprint density at radius 2 is 1.64 bits per heavy atom. The number of hydrogen-bond donors (Lipinski definition) is 0. The number of ketones is 2. The van der Waals surface area contributed by atoms with Gasteiger partial charge in [-0.2, -0.15) is 0 Å². The van der Waals surface area contributed by atoms with Gasteiger partial charge in [0.25, 0.3) is 11.8 Å². The molecular weight excluding hydrogens is 428 g/mol. The van der Waals surface area contributed by atoms with Crippen molar-refractivity contribution in [3.05, 3.63) is 29.3 Å². The molecule has 1 atom stereocenters. The van der Waals surface area contributed by atoms with E-state index in [0.29, 0.717) is 31.7 Å². The Morgan fingerprint density at radius 1 is 0.970 bits per heavy atom. The van der Waals surface area contributed by atoms with Crippen molar-refractivity contribution in [2.24, 2.45) is 0 Å². The van der Waals surface area contributed by atoms with Crippen LogP contribution < -0.4 is 4.74 Å². The molecule has 1 saturated carbocycles. The Hall–Kier alpha value is -3.23. The minimum atomic E-state index is -0.892. The Morgan fingerprint density at radius 3 is 2.27 bits per heavy atom.